The van der Waals surface area contributed by atoms with E-state index in [1.54, 1.807) is 22.9 Å². The highest BCUT2D eigenvalue weighted by Crippen LogP contribution is 2.26. The van der Waals surface area contributed by atoms with E-state index in [0.717, 1.165) is 35.2 Å². The largest absolute Gasteiger partial charge is 0.416 e. The lowest BCUT2D eigenvalue weighted by atomic mass is 10.2. The second-order valence-corrected chi connectivity index (χ2v) is 9.73. The number of rotatable bonds is 7. The number of aliphatic hydroxyl groups excluding tert-OH is 1. The van der Waals surface area contributed by atoms with Crippen LogP contribution < -0.4 is 10.6 Å². The maximum atomic E-state index is 13.2. The van der Waals surface area contributed by atoms with E-state index in [1.807, 2.05) is 6.07 Å². The van der Waals surface area contributed by atoms with Crippen LogP contribution in [0.2, 0.25) is 10.0 Å². The molecule has 0 bridgehead atoms. The van der Waals surface area contributed by atoms with Gasteiger partial charge in [0.25, 0.3) is 0 Å². The van der Waals surface area contributed by atoms with Crippen molar-refractivity contribution in [3.63, 3.8) is 0 Å². The lowest BCUT2D eigenvalue weighted by Crippen LogP contribution is -2.37. The standard InChI is InChI=1S/C24H22Cl2F3N7O2/c25-16-8-6-15(7-9-16)21-32-35(23(38)34(21)13-19(37)24(27,28)29)14-20-30-22(33-10-1-2-11-33)36(31-20)18-5-3-4-17(26)12-18/h3-9,12,19,37H,1-2,10-11,13-14H2. The van der Waals surface area contributed by atoms with E-state index >= 15 is 0 Å². The van der Waals surface area contributed by atoms with Crippen molar-refractivity contribution < 1.29 is 18.3 Å². The average Bonchev–Trinajstić information content (AvgIpc) is 3.60. The lowest BCUT2D eigenvalue weighted by Gasteiger charge is -2.16. The molecule has 9 nitrogen and oxygen atoms in total. The normalized spacial score (nSPS) is 14.8. The molecule has 1 unspecified atom stereocenters. The molecule has 1 saturated heterocycles. The first-order valence-corrected chi connectivity index (χ1v) is 12.5. The van der Waals surface area contributed by atoms with Crippen LogP contribution in [-0.2, 0) is 13.1 Å². The fourth-order valence-corrected chi connectivity index (χ4v) is 4.56. The van der Waals surface area contributed by atoms with Gasteiger partial charge in [0.1, 0.15) is 6.54 Å². The Labute approximate surface area is 224 Å². The molecule has 0 spiro atoms. The third-order valence-electron chi connectivity index (χ3n) is 6.13. The Hall–Kier alpha value is -3.35. The molecule has 0 radical (unpaired) electrons. The van der Waals surface area contributed by atoms with Crippen molar-refractivity contribution in [2.75, 3.05) is 18.0 Å². The van der Waals surface area contributed by atoms with Crippen LogP contribution in [0.5, 0.6) is 0 Å². The molecule has 2 aromatic heterocycles. The molecular weight excluding hydrogens is 546 g/mol. The highest BCUT2D eigenvalue weighted by molar-refractivity contribution is 6.31. The summed E-state index contributed by atoms with van der Waals surface area (Å²) in [5.74, 6) is 0.749. The minimum atomic E-state index is -4.92. The van der Waals surface area contributed by atoms with Gasteiger partial charge in [-0.1, -0.05) is 29.3 Å². The first-order chi connectivity index (χ1) is 18.1. The number of aromatic nitrogens is 6. The molecule has 0 amide bonds. The van der Waals surface area contributed by atoms with Crippen LogP contribution in [0, 0.1) is 0 Å². The Morgan fingerprint density at radius 3 is 2.37 bits per heavy atom. The van der Waals surface area contributed by atoms with Gasteiger partial charge in [-0.2, -0.15) is 22.8 Å². The van der Waals surface area contributed by atoms with Crippen LogP contribution in [0.4, 0.5) is 19.1 Å². The highest BCUT2D eigenvalue weighted by Gasteiger charge is 2.39. The molecule has 1 fully saturated rings. The minimum absolute atomic E-state index is 0.0518. The number of benzene rings is 2. The van der Waals surface area contributed by atoms with Crippen molar-refractivity contribution in [3.8, 4) is 17.1 Å². The van der Waals surface area contributed by atoms with Gasteiger partial charge >= 0.3 is 11.9 Å². The van der Waals surface area contributed by atoms with Crippen LogP contribution in [0.1, 0.15) is 18.7 Å². The first kappa shape index (κ1) is 26.3. The van der Waals surface area contributed by atoms with Crippen LogP contribution >= 0.6 is 23.2 Å². The molecule has 1 aliphatic heterocycles. The summed E-state index contributed by atoms with van der Waals surface area (Å²) >= 11 is 12.1. The second-order valence-electron chi connectivity index (χ2n) is 8.85. The van der Waals surface area contributed by atoms with Gasteiger partial charge in [0, 0.05) is 28.7 Å². The molecule has 0 saturated carbocycles. The summed E-state index contributed by atoms with van der Waals surface area (Å²) in [6.45, 7) is 0.333. The van der Waals surface area contributed by atoms with E-state index in [1.165, 1.54) is 24.3 Å². The predicted molar refractivity (Wildman–Crippen MR) is 136 cm³/mol. The molecule has 2 aromatic carbocycles. The molecule has 38 heavy (non-hydrogen) atoms. The van der Waals surface area contributed by atoms with Crippen LogP contribution in [0.25, 0.3) is 17.1 Å². The summed E-state index contributed by atoms with van der Waals surface area (Å²) in [5, 5.41) is 19.5. The fraction of sp³-hybridized carbons (Fsp3) is 0.333. The summed E-state index contributed by atoms with van der Waals surface area (Å²) in [6, 6.07) is 13.2. The van der Waals surface area contributed by atoms with E-state index in [4.69, 9.17) is 23.2 Å². The van der Waals surface area contributed by atoms with Crippen molar-refractivity contribution in [2.24, 2.45) is 0 Å². The topological polar surface area (TPSA) is 94.0 Å². The van der Waals surface area contributed by atoms with Gasteiger partial charge in [0.15, 0.2) is 17.8 Å². The molecule has 1 atom stereocenters. The summed E-state index contributed by atoms with van der Waals surface area (Å²) in [6.07, 6.45) is -5.69. The summed E-state index contributed by atoms with van der Waals surface area (Å²) < 4.78 is 42.8. The van der Waals surface area contributed by atoms with Crippen molar-refractivity contribution in [2.45, 2.75) is 38.2 Å². The third-order valence-corrected chi connectivity index (χ3v) is 6.61. The Balaban J connectivity index is 1.55. The van der Waals surface area contributed by atoms with Crippen LogP contribution in [0.3, 0.4) is 0 Å². The minimum Gasteiger partial charge on any atom is -0.382 e. The summed E-state index contributed by atoms with van der Waals surface area (Å²) in [7, 11) is 0. The van der Waals surface area contributed by atoms with Gasteiger partial charge in [-0.25, -0.2) is 9.48 Å². The van der Waals surface area contributed by atoms with E-state index in [9.17, 15) is 23.1 Å². The molecule has 3 heterocycles. The first-order valence-electron chi connectivity index (χ1n) is 11.8. The van der Waals surface area contributed by atoms with Crippen LogP contribution in [-0.4, -0.2) is 59.6 Å². The summed E-state index contributed by atoms with van der Waals surface area (Å²) in [5.41, 5.74) is 0.182. The number of nitrogens with zero attached hydrogens (tertiary/aromatic N) is 7. The number of hydrogen-bond donors (Lipinski definition) is 1. The van der Waals surface area contributed by atoms with Crippen molar-refractivity contribution >= 4 is 29.2 Å². The monoisotopic (exact) mass is 567 g/mol. The zero-order valence-electron chi connectivity index (χ0n) is 19.8. The SMILES string of the molecule is O=c1n(Cc2nc(N3CCCC3)n(-c3cccc(Cl)c3)n2)nc(-c2ccc(Cl)cc2)n1CC(O)C(F)(F)F. The smallest absolute Gasteiger partial charge is 0.382 e. The van der Waals surface area contributed by atoms with E-state index in [0.29, 0.717) is 27.2 Å². The van der Waals surface area contributed by atoms with Crippen molar-refractivity contribution in [1.82, 2.24) is 29.1 Å². The molecule has 0 aliphatic carbocycles. The number of hydrogen-bond acceptors (Lipinski definition) is 6. The Kier molecular flexibility index (Phi) is 7.21. The molecule has 1 N–H and O–H groups in total. The summed E-state index contributed by atoms with van der Waals surface area (Å²) in [4.78, 5) is 19.9. The van der Waals surface area contributed by atoms with Crippen LogP contribution in [0.15, 0.2) is 53.3 Å². The van der Waals surface area contributed by atoms with E-state index in [-0.39, 0.29) is 18.2 Å². The number of anilines is 1. The van der Waals surface area contributed by atoms with E-state index < -0.39 is 24.5 Å². The van der Waals surface area contributed by atoms with Gasteiger partial charge in [0.2, 0.25) is 5.95 Å². The van der Waals surface area contributed by atoms with Gasteiger partial charge < -0.3 is 10.0 Å². The second kappa shape index (κ2) is 10.4. The number of aliphatic hydroxyl groups is 1. The highest BCUT2D eigenvalue weighted by atomic mass is 35.5. The Morgan fingerprint density at radius 2 is 1.71 bits per heavy atom. The maximum absolute atomic E-state index is 13.2. The van der Waals surface area contributed by atoms with Gasteiger partial charge in [-0.3, -0.25) is 4.57 Å². The molecule has 5 rings (SSSR count). The van der Waals surface area contributed by atoms with Gasteiger partial charge in [0.05, 0.1) is 12.2 Å². The lowest BCUT2D eigenvalue weighted by molar-refractivity contribution is -0.207. The van der Waals surface area contributed by atoms with Crippen molar-refractivity contribution in [1.29, 1.82) is 0 Å². The number of alkyl halides is 3. The molecular formula is C24H22Cl2F3N7O2. The third kappa shape index (κ3) is 5.42. The van der Waals surface area contributed by atoms with E-state index in [2.05, 4.69) is 20.1 Å². The van der Waals surface area contributed by atoms with Gasteiger partial charge in [-0.15, -0.1) is 10.2 Å². The Bertz CT molecular complexity index is 1490. The molecule has 4 aromatic rings. The van der Waals surface area contributed by atoms with Gasteiger partial charge in [-0.05, 0) is 55.3 Å². The molecule has 14 heteroatoms. The zero-order valence-corrected chi connectivity index (χ0v) is 21.3. The number of halogens is 5. The predicted octanol–water partition coefficient (Wildman–Crippen LogP) is 4.17. The Morgan fingerprint density at radius 1 is 1.00 bits per heavy atom. The molecule has 1 aliphatic rings. The maximum Gasteiger partial charge on any atom is 0.416 e. The zero-order chi connectivity index (χ0) is 27.0. The fourth-order valence-electron chi connectivity index (χ4n) is 4.25. The quantitative estimate of drug-likeness (QED) is 0.360. The molecule has 200 valence electrons. The van der Waals surface area contributed by atoms with Crippen molar-refractivity contribution in [3.05, 3.63) is 74.9 Å². The average molecular weight is 568 g/mol.